The Hall–Kier alpha value is 0.230. The molecule has 0 aliphatic carbocycles. The van der Waals surface area contributed by atoms with Crippen LogP contribution in [0, 0.1) is 5.92 Å². The number of halogens is 2. The van der Waals surface area contributed by atoms with E-state index in [1.807, 2.05) is 30.3 Å². The first-order valence-corrected chi connectivity index (χ1v) is 8.69. The third kappa shape index (κ3) is 3.46. The van der Waals surface area contributed by atoms with Gasteiger partial charge in [-0.3, -0.25) is 0 Å². The Morgan fingerprint density at radius 2 is 1.69 bits per heavy atom. The van der Waals surface area contributed by atoms with E-state index in [0.29, 0.717) is 5.92 Å². The molecule has 0 heterocycles. The van der Waals surface area contributed by atoms with Gasteiger partial charge in [0.05, 0.1) is 0 Å². The molecule has 0 fully saturated rings. The molecule has 0 unspecified atom stereocenters. The summed E-state index contributed by atoms with van der Waals surface area (Å²) >= 11 is 12.7. The molecular formula is C10H15Cl2P. The average Bonchev–Trinajstić information content (AvgIpc) is 2.04. The summed E-state index contributed by atoms with van der Waals surface area (Å²) in [7, 11) is 0. The maximum atomic E-state index is 6.36. The van der Waals surface area contributed by atoms with E-state index in [1.54, 1.807) is 0 Å². The molecule has 0 aliphatic rings. The predicted molar refractivity (Wildman–Crippen MR) is 65.8 cm³/mol. The maximum absolute atomic E-state index is 6.36. The van der Waals surface area contributed by atoms with Crippen LogP contribution in [0.5, 0.6) is 0 Å². The molecular weight excluding hydrogens is 222 g/mol. The summed E-state index contributed by atoms with van der Waals surface area (Å²) in [4.78, 5) is 0. The standard InChI is InChI=1S/C10H15Cl2P/c1-9(2)8-13(11,12)10-6-4-3-5-7-10/h3-7,9,13H,8H2,1-2H3. The van der Waals surface area contributed by atoms with Gasteiger partial charge in [0.15, 0.2) is 0 Å². The van der Waals surface area contributed by atoms with Crippen molar-refractivity contribution in [1.82, 2.24) is 0 Å². The van der Waals surface area contributed by atoms with Crippen LogP contribution in [0.1, 0.15) is 13.8 Å². The third-order valence-corrected chi connectivity index (χ3v) is 6.60. The number of rotatable bonds is 3. The molecule has 0 saturated heterocycles. The zero-order valence-electron chi connectivity index (χ0n) is 7.93. The minimum atomic E-state index is -2.20. The number of benzene rings is 1. The molecule has 1 aromatic carbocycles. The fourth-order valence-corrected chi connectivity index (χ4v) is 5.86. The van der Waals surface area contributed by atoms with Crippen molar-refractivity contribution in [2.45, 2.75) is 13.8 Å². The van der Waals surface area contributed by atoms with Gasteiger partial charge < -0.3 is 0 Å². The van der Waals surface area contributed by atoms with Gasteiger partial charge in [-0.15, -0.1) is 0 Å². The number of hydrogen-bond donors (Lipinski definition) is 0. The van der Waals surface area contributed by atoms with Gasteiger partial charge in [-0.2, -0.15) is 0 Å². The zero-order chi connectivity index (χ0) is 9.90. The second-order valence-corrected chi connectivity index (χ2v) is 10.5. The van der Waals surface area contributed by atoms with Crippen LogP contribution in [-0.4, -0.2) is 6.16 Å². The molecule has 3 heteroatoms. The SMILES string of the molecule is CC(C)C[PH](Cl)(Cl)c1ccccc1. The van der Waals surface area contributed by atoms with E-state index in [1.165, 1.54) is 0 Å². The molecule has 0 aliphatic heterocycles. The van der Waals surface area contributed by atoms with Crippen LogP contribution in [0.25, 0.3) is 0 Å². The van der Waals surface area contributed by atoms with Gasteiger partial charge in [0, 0.05) is 0 Å². The van der Waals surface area contributed by atoms with Crippen LogP contribution < -0.4 is 5.30 Å². The molecule has 1 rings (SSSR count). The molecule has 0 N–H and O–H groups in total. The fourth-order valence-electron chi connectivity index (χ4n) is 1.31. The molecule has 0 atom stereocenters. The molecule has 0 bridgehead atoms. The Kier molecular flexibility index (Phi) is 4.04. The van der Waals surface area contributed by atoms with Gasteiger partial charge in [-0.1, -0.05) is 0 Å². The summed E-state index contributed by atoms with van der Waals surface area (Å²) in [6.07, 6.45) is 0.917. The van der Waals surface area contributed by atoms with Crippen LogP contribution >= 0.6 is 28.4 Å². The van der Waals surface area contributed by atoms with Gasteiger partial charge in [0.2, 0.25) is 0 Å². The molecule has 0 saturated carbocycles. The van der Waals surface area contributed by atoms with E-state index >= 15 is 0 Å². The van der Waals surface area contributed by atoms with E-state index in [2.05, 4.69) is 13.8 Å². The minimum absolute atomic E-state index is 0.557. The normalized spacial score (nSPS) is 13.3. The van der Waals surface area contributed by atoms with Gasteiger partial charge in [0.25, 0.3) is 0 Å². The Morgan fingerprint density at radius 1 is 1.15 bits per heavy atom. The molecule has 0 spiro atoms. The number of hydrogen-bond acceptors (Lipinski definition) is 0. The van der Waals surface area contributed by atoms with Gasteiger partial charge in [0.1, 0.15) is 0 Å². The molecule has 0 nitrogen and oxygen atoms in total. The first kappa shape index (κ1) is 11.3. The van der Waals surface area contributed by atoms with Crippen LogP contribution in [-0.2, 0) is 0 Å². The Balaban J connectivity index is 2.81. The van der Waals surface area contributed by atoms with E-state index in [-0.39, 0.29) is 0 Å². The Morgan fingerprint density at radius 3 is 2.15 bits per heavy atom. The van der Waals surface area contributed by atoms with Crippen molar-refractivity contribution in [3.05, 3.63) is 30.3 Å². The third-order valence-electron chi connectivity index (χ3n) is 1.86. The van der Waals surface area contributed by atoms with Crippen LogP contribution in [0.4, 0.5) is 0 Å². The average molecular weight is 237 g/mol. The van der Waals surface area contributed by atoms with Gasteiger partial charge in [-0.25, -0.2) is 0 Å². The molecule has 74 valence electrons. The van der Waals surface area contributed by atoms with E-state index in [9.17, 15) is 0 Å². The van der Waals surface area contributed by atoms with Gasteiger partial charge >= 0.3 is 90.0 Å². The van der Waals surface area contributed by atoms with Crippen LogP contribution in [0.15, 0.2) is 30.3 Å². The van der Waals surface area contributed by atoms with Crippen molar-refractivity contribution in [2.75, 3.05) is 6.16 Å². The van der Waals surface area contributed by atoms with Gasteiger partial charge in [-0.05, 0) is 0 Å². The van der Waals surface area contributed by atoms with E-state index in [4.69, 9.17) is 22.5 Å². The first-order chi connectivity index (χ1) is 6.02. The summed E-state index contributed by atoms with van der Waals surface area (Å²) in [6.45, 7) is 4.30. The molecule has 0 amide bonds. The molecule has 13 heavy (non-hydrogen) atoms. The summed E-state index contributed by atoms with van der Waals surface area (Å²) in [5.74, 6) is -1.64. The van der Waals surface area contributed by atoms with Crippen LogP contribution in [0.3, 0.4) is 0 Å². The molecule has 0 aromatic heterocycles. The summed E-state index contributed by atoms with van der Waals surface area (Å²) in [6, 6.07) is 10.0. The van der Waals surface area contributed by atoms with E-state index in [0.717, 1.165) is 11.5 Å². The zero-order valence-corrected chi connectivity index (χ0v) is 10.4. The summed E-state index contributed by atoms with van der Waals surface area (Å²) in [5, 5.41) is 1.12. The summed E-state index contributed by atoms with van der Waals surface area (Å²) in [5.41, 5.74) is 0. The fraction of sp³-hybridized carbons (Fsp3) is 0.400. The van der Waals surface area contributed by atoms with Crippen molar-refractivity contribution < 1.29 is 0 Å². The topological polar surface area (TPSA) is 0 Å². The van der Waals surface area contributed by atoms with Crippen molar-refractivity contribution in [3.63, 3.8) is 0 Å². The quantitative estimate of drug-likeness (QED) is 0.696. The monoisotopic (exact) mass is 236 g/mol. The second-order valence-electron chi connectivity index (χ2n) is 3.67. The Bertz CT molecular complexity index is 257. The van der Waals surface area contributed by atoms with Crippen molar-refractivity contribution in [1.29, 1.82) is 0 Å². The van der Waals surface area contributed by atoms with Crippen molar-refractivity contribution in [2.24, 2.45) is 5.92 Å². The van der Waals surface area contributed by atoms with Crippen LogP contribution in [0.2, 0.25) is 0 Å². The van der Waals surface area contributed by atoms with Crippen molar-refractivity contribution in [3.8, 4) is 0 Å². The van der Waals surface area contributed by atoms with E-state index < -0.39 is 5.97 Å². The molecule has 1 aromatic rings. The van der Waals surface area contributed by atoms with Crippen molar-refractivity contribution >= 4 is 33.8 Å². The second kappa shape index (κ2) is 4.64. The Labute approximate surface area is 90.2 Å². The predicted octanol–water partition coefficient (Wildman–Crippen LogP) is 4.03. The summed E-state index contributed by atoms with van der Waals surface area (Å²) < 4.78 is 0. The first-order valence-electron chi connectivity index (χ1n) is 4.46. The molecule has 0 radical (unpaired) electrons.